The molecule has 116 valence electrons. The molecule has 1 amide bonds. The lowest BCUT2D eigenvalue weighted by molar-refractivity contribution is 0.0858. The molecule has 2 aromatic heterocycles. The van der Waals surface area contributed by atoms with E-state index in [0.29, 0.717) is 17.6 Å². The van der Waals surface area contributed by atoms with Crippen molar-refractivity contribution in [3.05, 3.63) is 65.1 Å². The zero-order chi connectivity index (χ0) is 16.0. The molecule has 2 atom stereocenters. The number of hydrogen-bond donors (Lipinski definition) is 2. The van der Waals surface area contributed by atoms with E-state index in [1.165, 1.54) is 0 Å². The fraction of sp³-hybridized carbons (Fsp3) is 0.235. The maximum absolute atomic E-state index is 12.6. The Balaban J connectivity index is 1.63. The average Bonchev–Trinajstić information content (AvgIpc) is 3.08. The van der Waals surface area contributed by atoms with Crippen molar-refractivity contribution >= 4 is 11.6 Å². The van der Waals surface area contributed by atoms with E-state index in [1.54, 1.807) is 22.7 Å². The first kappa shape index (κ1) is 13.9. The lowest BCUT2D eigenvalue weighted by Crippen LogP contribution is -2.34. The molecule has 2 N–H and O–H groups in total. The highest BCUT2D eigenvalue weighted by Crippen LogP contribution is 2.31. The van der Waals surface area contributed by atoms with Gasteiger partial charge in [0.05, 0.1) is 17.7 Å². The van der Waals surface area contributed by atoms with Gasteiger partial charge in [0.1, 0.15) is 5.82 Å². The van der Waals surface area contributed by atoms with Crippen LogP contribution in [-0.4, -0.2) is 31.7 Å². The molecule has 2 unspecified atom stereocenters. The smallest absolute Gasteiger partial charge is 0.253 e. The Labute approximate surface area is 132 Å². The Kier molecular flexibility index (Phi) is 3.12. The van der Waals surface area contributed by atoms with Crippen LogP contribution in [0.3, 0.4) is 0 Å². The minimum absolute atomic E-state index is 0.222. The molecule has 1 aliphatic carbocycles. The predicted molar refractivity (Wildman–Crippen MR) is 84.1 cm³/mol. The van der Waals surface area contributed by atoms with Gasteiger partial charge in [-0.05, 0) is 30.2 Å². The number of nitrogens with one attached hydrogen (secondary N) is 1. The second kappa shape index (κ2) is 5.17. The summed E-state index contributed by atoms with van der Waals surface area (Å²) in [6, 6.07) is 10.9. The number of carbonyl (C=O) groups excluding carboxylic acids is 1. The molecule has 6 heteroatoms. The molecule has 23 heavy (non-hydrogen) atoms. The van der Waals surface area contributed by atoms with Gasteiger partial charge in [-0.15, -0.1) is 10.2 Å². The molecule has 0 fully saturated rings. The minimum Gasteiger partial charge on any atom is -0.390 e. The highest BCUT2D eigenvalue weighted by Gasteiger charge is 2.32. The molecule has 6 nitrogen and oxygen atoms in total. The normalized spacial score (nSPS) is 19.7. The van der Waals surface area contributed by atoms with E-state index in [9.17, 15) is 9.90 Å². The lowest BCUT2D eigenvalue weighted by Gasteiger charge is -2.18. The third-order valence-electron chi connectivity index (χ3n) is 4.33. The number of carbonyl (C=O) groups is 1. The zero-order valence-corrected chi connectivity index (χ0v) is 12.6. The molecule has 0 radical (unpaired) electrons. The number of pyridine rings is 1. The maximum atomic E-state index is 12.6. The third kappa shape index (κ3) is 2.27. The van der Waals surface area contributed by atoms with Gasteiger partial charge < -0.3 is 10.4 Å². The number of hydrogen-bond acceptors (Lipinski definition) is 4. The first-order chi connectivity index (χ1) is 11.1. The van der Waals surface area contributed by atoms with Crippen LogP contribution < -0.4 is 5.32 Å². The molecule has 1 aliphatic rings. The molecule has 3 aromatic rings. The standard InChI is InChI=1S/C17H16N4O2/c1-10-19-20-15-7-6-12(9-21(10)15)17(23)18-16-13-5-3-2-4-11(13)8-14(16)22/h2-7,9,14,16,22H,8H2,1H3,(H,18,23). The molecule has 0 spiro atoms. The van der Waals surface area contributed by atoms with E-state index in [-0.39, 0.29) is 11.9 Å². The summed E-state index contributed by atoms with van der Waals surface area (Å²) in [5.41, 5.74) is 3.27. The van der Waals surface area contributed by atoms with Gasteiger partial charge in [-0.25, -0.2) is 0 Å². The van der Waals surface area contributed by atoms with Crippen LogP contribution in [-0.2, 0) is 6.42 Å². The topological polar surface area (TPSA) is 79.5 Å². The largest absolute Gasteiger partial charge is 0.390 e. The summed E-state index contributed by atoms with van der Waals surface area (Å²) in [5.74, 6) is 0.502. The summed E-state index contributed by atoms with van der Waals surface area (Å²) >= 11 is 0. The minimum atomic E-state index is -0.600. The van der Waals surface area contributed by atoms with Gasteiger partial charge in [0.15, 0.2) is 5.65 Å². The fourth-order valence-corrected chi connectivity index (χ4v) is 3.11. The van der Waals surface area contributed by atoms with Gasteiger partial charge in [-0.3, -0.25) is 9.20 Å². The van der Waals surface area contributed by atoms with Crippen LogP contribution in [0.15, 0.2) is 42.6 Å². The lowest BCUT2D eigenvalue weighted by atomic mass is 10.1. The first-order valence-electron chi connectivity index (χ1n) is 7.51. The number of fused-ring (bicyclic) bond motifs is 2. The molecule has 0 saturated heterocycles. The first-order valence-corrected chi connectivity index (χ1v) is 7.51. The zero-order valence-electron chi connectivity index (χ0n) is 12.6. The van der Waals surface area contributed by atoms with E-state index >= 15 is 0 Å². The number of nitrogens with zero attached hydrogens (tertiary/aromatic N) is 3. The molecule has 1 aromatic carbocycles. The number of aromatic nitrogens is 3. The molecule has 0 saturated carbocycles. The van der Waals surface area contributed by atoms with Crippen molar-refractivity contribution in [1.82, 2.24) is 19.9 Å². The van der Waals surface area contributed by atoms with Crippen LogP contribution in [0.2, 0.25) is 0 Å². The Hall–Kier alpha value is -2.73. The van der Waals surface area contributed by atoms with Gasteiger partial charge in [0, 0.05) is 12.6 Å². The SMILES string of the molecule is Cc1nnc2ccc(C(=O)NC3c4ccccc4CC3O)cn12. The predicted octanol–water partition coefficient (Wildman–Crippen LogP) is 1.43. The Morgan fingerprint density at radius 2 is 2.09 bits per heavy atom. The van der Waals surface area contributed by atoms with Crippen molar-refractivity contribution in [3.63, 3.8) is 0 Å². The van der Waals surface area contributed by atoms with Crippen LogP contribution in [0.25, 0.3) is 5.65 Å². The van der Waals surface area contributed by atoms with E-state index < -0.39 is 6.10 Å². The summed E-state index contributed by atoms with van der Waals surface area (Å²) in [5, 5.41) is 21.2. The summed E-state index contributed by atoms with van der Waals surface area (Å²) in [4.78, 5) is 12.6. The molecule has 2 heterocycles. The van der Waals surface area contributed by atoms with E-state index in [4.69, 9.17) is 0 Å². The van der Waals surface area contributed by atoms with Crippen LogP contribution in [0.4, 0.5) is 0 Å². The third-order valence-corrected chi connectivity index (χ3v) is 4.33. The summed E-state index contributed by atoms with van der Waals surface area (Å²) in [6.45, 7) is 1.83. The van der Waals surface area contributed by atoms with Crippen LogP contribution in [0.5, 0.6) is 0 Å². The van der Waals surface area contributed by atoms with Crippen LogP contribution in [0, 0.1) is 6.92 Å². The number of aryl methyl sites for hydroxylation is 1. The molecule has 0 bridgehead atoms. The number of aliphatic hydroxyl groups is 1. The second-order valence-corrected chi connectivity index (χ2v) is 5.81. The maximum Gasteiger partial charge on any atom is 0.253 e. The highest BCUT2D eigenvalue weighted by atomic mass is 16.3. The number of aliphatic hydroxyl groups excluding tert-OH is 1. The molecule has 0 aliphatic heterocycles. The number of amides is 1. The fourth-order valence-electron chi connectivity index (χ4n) is 3.11. The molecule has 4 rings (SSSR count). The van der Waals surface area contributed by atoms with Crippen molar-refractivity contribution in [1.29, 1.82) is 0 Å². The Morgan fingerprint density at radius 3 is 2.96 bits per heavy atom. The monoisotopic (exact) mass is 308 g/mol. The molecular weight excluding hydrogens is 292 g/mol. The van der Waals surface area contributed by atoms with Gasteiger partial charge >= 0.3 is 0 Å². The quantitative estimate of drug-likeness (QED) is 0.750. The van der Waals surface area contributed by atoms with Gasteiger partial charge in [0.25, 0.3) is 5.91 Å². The van der Waals surface area contributed by atoms with Crippen molar-refractivity contribution in [2.45, 2.75) is 25.5 Å². The molecular formula is C17H16N4O2. The Bertz CT molecular complexity index is 902. The van der Waals surface area contributed by atoms with Crippen molar-refractivity contribution in [3.8, 4) is 0 Å². The van der Waals surface area contributed by atoms with E-state index in [0.717, 1.165) is 17.0 Å². The van der Waals surface area contributed by atoms with Crippen molar-refractivity contribution < 1.29 is 9.90 Å². The van der Waals surface area contributed by atoms with Gasteiger partial charge in [-0.2, -0.15) is 0 Å². The number of rotatable bonds is 2. The van der Waals surface area contributed by atoms with Gasteiger partial charge in [-0.1, -0.05) is 24.3 Å². The van der Waals surface area contributed by atoms with E-state index in [1.807, 2.05) is 31.2 Å². The summed E-state index contributed by atoms with van der Waals surface area (Å²) in [6.07, 6.45) is 1.68. The van der Waals surface area contributed by atoms with Crippen molar-refractivity contribution in [2.24, 2.45) is 0 Å². The van der Waals surface area contributed by atoms with Crippen LogP contribution in [0.1, 0.15) is 33.4 Å². The Morgan fingerprint density at radius 1 is 1.26 bits per heavy atom. The van der Waals surface area contributed by atoms with Gasteiger partial charge in [0.2, 0.25) is 0 Å². The average molecular weight is 308 g/mol. The number of benzene rings is 1. The van der Waals surface area contributed by atoms with Crippen LogP contribution >= 0.6 is 0 Å². The highest BCUT2D eigenvalue weighted by molar-refractivity contribution is 5.94. The van der Waals surface area contributed by atoms with E-state index in [2.05, 4.69) is 15.5 Å². The van der Waals surface area contributed by atoms with Crippen molar-refractivity contribution in [2.75, 3.05) is 0 Å². The summed E-state index contributed by atoms with van der Waals surface area (Å²) in [7, 11) is 0. The second-order valence-electron chi connectivity index (χ2n) is 5.81. The summed E-state index contributed by atoms with van der Waals surface area (Å²) < 4.78 is 1.77.